The van der Waals surface area contributed by atoms with E-state index >= 15 is 4.39 Å². The molecule has 14 heteroatoms. The Hall–Kier alpha value is -4.26. The topological polar surface area (TPSA) is 109 Å². The molecule has 1 aromatic heterocycles. The zero-order valence-corrected chi connectivity index (χ0v) is 25.4. The lowest BCUT2D eigenvalue weighted by Gasteiger charge is -2.37. The number of urea groups is 1. The molecule has 3 amide bonds. The van der Waals surface area contributed by atoms with Crippen molar-refractivity contribution >= 4 is 29.3 Å². The van der Waals surface area contributed by atoms with Crippen molar-refractivity contribution in [2.75, 3.05) is 6.54 Å². The Kier molecular flexibility index (Phi) is 11.2. The summed E-state index contributed by atoms with van der Waals surface area (Å²) in [5.41, 5.74) is -1.10. The molecule has 1 aliphatic rings. The number of alkyl halides is 4. The van der Waals surface area contributed by atoms with Crippen LogP contribution < -0.4 is 20.7 Å². The number of nitrogens with one attached hydrogen (secondary N) is 3. The summed E-state index contributed by atoms with van der Waals surface area (Å²) in [5.74, 6) is -2.72. The highest BCUT2D eigenvalue weighted by Crippen LogP contribution is 2.37. The van der Waals surface area contributed by atoms with Crippen molar-refractivity contribution in [1.82, 2.24) is 20.9 Å². The average molecular weight is 667 g/mol. The molecule has 3 N–H and O–H groups in total. The number of carbonyl (C=O) groups is 3. The van der Waals surface area contributed by atoms with E-state index in [9.17, 15) is 31.9 Å². The number of aromatic nitrogens is 1. The van der Waals surface area contributed by atoms with Gasteiger partial charge < -0.3 is 20.7 Å². The number of hydrogen-bond acceptors (Lipinski definition) is 5. The molecule has 0 saturated heterocycles. The molecule has 1 atom stereocenters. The summed E-state index contributed by atoms with van der Waals surface area (Å²) in [6, 6.07) is 13.0. The highest BCUT2D eigenvalue weighted by molar-refractivity contribution is 6.30. The molecule has 8 nitrogen and oxygen atoms in total. The van der Waals surface area contributed by atoms with Crippen LogP contribution in [-0.2, 0) is 21.5 Å². The molecule has 4 rings (SSSR count). The first-order chi connectivity index (χ1) is 21.8. The summed E-state index contributed by atoms with van der Waals surface area (Å²) in [7, 11) is 0. The highest BCUT2D eigenvalue weighted by Gasteiger charge is 2.45. The predicted octanol–water partition coefficient (Wildman–Crippen LogP) is 6.16. The molecule has 246 valence electrons. The van der Waals surface area contributed by atoms with Crippen LogP contribution in [0.1, 0.15) is 49.4 Å². The number of pyridine rings is 1. The number of carbonyl (C=O) groups excluding carboxylic acids is 3. The zero-order chi connectivity index (χ0) is 33.5. The van der Waals surface area contributed by atoms with E-state index in [1.54, 1.807) is 30.3 Å². The zero-order valence-electron chi connectivity index (χ0n) is 24.7. The van der Waals surface area contributed by atoms with Crippen molar-refractivity contribution in [3.8, 4) is 5.75 Å². The van der Waals surface area contributed by atoms with Crippen molar-refractivity contribution in [1.29, 1.82) is 0 Å². The monoisotopic (exact) mass is 666 g/mol. The van der Waals surface area contributed by atoms with Crippen molar-refractivity contribution in [3.63, 3.8) is 0 Å². The van der Waals surface area contributed by atoms with Gasteiger partial charge in [-0.25, -0.2) is 9.18 Å². The summed E-state index contributed by atoms with van der Waals surface area (Å²) in [6.45, 7) is 1.31. The van der Waals surface area contributed by atoms with E-state index in [-0.39, 0.29) is 52.9 Å². The molecular weight excluding hydrogens is 635 g/mol. The second-order valence-corrected chi connectivity index (χ2v) is 11.6. The molecule has 1 saturated carbocycles. The molecule has 0 unspecified atom stereocenters. The average Bonchev–Trinajstić information content (AvgIpc) is 3.00. The number of ketones is 1. The van der Waals surface area contributed by atoms with E-state index in [4.69, 9.17) is 11.6 Å². The number of Topliss-reactive ketones (excluding diaryl/α,β-unsaturated/α-hetero) is 1. The molecule has 1 heterocycles. The summed E-state index contributed by atoms with van der Waals surface area (Å²) in [5, 5.41) is 8.56. The van der Waals surface area contributed by atoms with Crippen LogP contribution in [0.5, 0.6) is 5.75 Å². The van der Waals surface area contributed by atoms with Crippen molar-refractivity contribution < 1.29 is 41.1 Å². The number of ether oxygens (including phenoxy) is 1. The fraction of sp³-hybridized carbons (Fsp3) is 0.375. The van der Waals surface area contributed by atoms with E-state index in [0.29, 0.717) is 37.3 Å². The molecule has 46 heavy (non-hydrogen) atoms. The van der Waals surface area contributed by atoms with E-state index in [0.717, 1.165) is 12.1 Å². The Balaban J connectivity index is 1.68. The Labute approximate surface area is 267 Å². The van der Waals surface area contributed by atoms with Gasteiger partial charge in [-0.1, -0.05) is 41.9 Å². The first-order valence-corrected chi connectivity index (χ1v) is 14.8. The van der Waals surface area contributed by atoms with E-state index in [1.165, 1.54) is 25.3 Å². The maximum absolute atomic E-state index is 15.0. The molecule has 0 spiro atoms. The number of hydrogen-bond donors (Lipinski definition) is 3. The van der Waals surface area contributed by atoms with Gasteiger partial charge in [0.25, 0.3) is 0 Å². The second-order valence-electron chi connectivity index (χ2n) is 11.1. The number of halogens is 6. The highest BCUT2D eigenvalue weighted by atomic mass is 35.5. The molecule has 2 aromatic carbocycles. The van der Waals surface area contributed by atoms with Gasteiger partial charge in [0.15, 0.2) is 0 Å². The number of rotatable bonds is 12. The van der Waals surface area contributed by atoms with Crippen molar-refractivity contribution in [2.24, 2.45) is 5.92 Å². The summed E-state index contributed by atoms with van der Waals surface area (Å²) in [6.07, 6.45) is -6.11. The van der Waals surface area contributed by atoms with Crippen molar-refractivity contribution in [2.45, 2.75) is 63.1 Å². The Bertz CT molecular complexity index is 1520. The maximum Gasteiger partial charge on any atom is 0.461 e. The quantitative estimate of drug-likeness (QED) is 0.201. The van der Waals surface area contributed by atoms with Crippen molar-refractivity contribution in [3.05, 3.63) is 94.5 Å². The smallest absolute Gasteiger partial charge is 0.428 e. The first-order valence-electron chi connectivity index (χ1n) is 14.5. The first kappa shape index (κ1) is 34.6. The summed E-state index contributed by atoms with van der Waals surface area (Å²) < 4.78 is 73.0. The standard InChI is InChI=1S/C32H32ClF5N4O4/c1-19(43)17-40-28(44)21-7-10-25(11-8-21)41-30(45)42-31(16-20-5-3-2-4-6-20,27-12-9-23(33)18-39-27)22-13-24(34)15-26(14-22)46-32(37,38)29(35)36/h2-6,9,12-15,18,21,25,29H,7-8,10-11,16-17H2,1H3,(H,40,44)(H2,41,42,45)/t21-,25+,31-/m0/s1. The fourth-order valence-corrected chi connectivity index (χ4v) is 5.50. The van der Waals surface area contributed by atoms with Crippen LogP contribution in [0.15, 0.2) is 66.9 Å². The number of amides is 3. The fourth-order valence-electron chi connectivity index (χ4n) is 5.39. The maximum atomic E-state index is 15.0. The predicted molar refractivity (Wildman–Crippen MR) is 159 cm³/mol. The molecule has 1 aliphatic carbocycles. The van der Waals surface area contributed by atoms with Gasteiger partial charge >= 0.3 is 18.6 Å². The van der Waals surface area contributed by atoms with E-state index < -0.39 is 35.7 Å². The van der Waals surface area contributed by atoms with Gasteiger partial charge in [-0.05, 0) is 68.0 Å². The summed E-state index contributed by atoms with van der Waals surface area (Å²) >= 11 is 6.08. The molecule has 0 bridgehead atoms. The van der Waals surface area contributed by atoms with Gasteiger partial charge in [0.1, 0.15) is 22.9 Å². The largest absolute Gasteiger partial charge is 0.461 e. The van der Waals surface area contributed by atoms with Crippen LogP contribution in [0.2, 0.25) is 5.02 Å². The van der Waals surface area contributed by atoms with Gasteiger partial charge in [-0.3, -0.25) is 14.6 Å². The van der Waals surface area contributed by atoms with E-state index in [2.05, 4.69) is 25.7 Å². The third-order valence-electron chi connectivity index (χ3n) is 7.62. The van der Waals surface area contributed by atoms with Crippen LogP contribution in [-0.4, -0.2) is 47.8 Å². The van der Waals surface area contributed by atoms with Crippen LogP contribution in [0.3, 0.4) is 0 Å². The Morgan fingerprint density at radius 3 is 2.33 bits per heavy atom. The van der Waals surface area contributed by atoms with E-state index in [1.807, 2.05) is 0 Å². The van der Waals surface area contributed by atoms with Crippen LogP contribution in [0.4, 0.5) is 26.7 Å². The van der Waals surface area contributed by atoms with Gasteiger partial charge in [0.05, 0.1) is 17.3 Å². The third-order valence-corrected chi connectivity index (χ3v) is 7.84. The SMILES string of the molecule is CC(=O)CNC(=O)[C@H]1CC[C@@H](NC(=O)N[C@@](Cc2ccccc2)(c2cc(F)cc(OC(F)(F)C(F)F)c2)c2ccc(Cl)cn2)CC1. The number of benzene rings is 2. The second kappa shape index (κ2) is 14.9. The lowest BCUT2D eigenvalue weighted by Crippen LogP contribution is -2.55. The molecule has 1 fully saturated rings. The van der Waals surface area contributed by atoms with Gasteiger partial charge in [-0.15, -0.1) is 0 Å². The minimum Gasteiger partial charge on any atom is -0.428 e. The minimum atomic E-state index is -4.92. The normalized spacial score (nSPS) is 17.9. The molecular formula is C32H32ClF5N4O4. The molecule has 0 radical (unpaired) electrons. The van der Waals surface area contributed by atoms with Gasteiger partial charge in [-0.2, -0.15) is 17.6 Å². The number of nitrogens with zero attached hydrogens (tertiary/aromatic N) is 1. The van der Waals surface area contributed by atoms with Crippen LogP contribution >= 0.6 is 11.6 Å². The lowest BCUT2D eigenvalue weighted by molar-refractivity contribution is -0.253. The van der Waals surface area contributed by atoms with Gasteiger partial charge in [0.2, 0.25) is 5.91 Å². The lowest BCUT2D eigenvalue weighted by atomic mass is 9.80. The van der Waals surface area contributed by atoms with Crippen LogP contribution in [0.25, 0.3) is 0 Å². The Morgan fingerprint density at radius 2 is 1.72 bits per heavy atom. The molecule has 0 aliphatic heterocycles. The summed E-state index contributed by atoms with van der Waals surface area (Å²) in [4.78, 5) is 41.7. The Morgan fingerprint density at radius 1 is 1.02 bits per heavy atom. The third kappa shape index (κ3) is 8.93. The van der Waals surface area contributed by atoms with Gasteiger partial charge in [0, 0.05) is 30.6 Å². The van der Waals surface area contributed by atoms with Crippen LogP contribution in [0, 0.1) is 11.7 Å². The minimum absolute atomic E-state index is 0.0612. The molecule has 3 aromatic rings.